The minimum atomic E-state index is -0.999. The average molecular weight is 243 g/mol. The molecule has 0 radical (unpaired) electrons. The molecule has 3 unspecified atom stereocenters. The molecule has 5 heteroatoms. The summed E-state index contributed by atoms with van der Waals surface area (Å²) in [6.07, 6.45) is 3.27. The van der Waals surface area contributed by atoms with Crippen LogP contribution in [0.1, 0.15) is 32.6 Å². The first kappa shape index (κ1) is 14.0. The average Bonchev–Trinajstić information content (AvgIpc) is 2.70. The van der Waals surface area contributed by atoms with E-state index >= 15 is 0 Å². The summed E-state index contributed by atoms with van der Waals surface area (Å²) in [7, 11) is 1.51. The lowest BCUT2D eigenvalue weighted by molar-refractivity contribution is -0.143. The number of methoxy groups -OCH3 is 1. The summed E-state index contributed by atoms with van der Waals surface area (Å²) < 4.78 is 4.84. The number of carboxylic acids is 1. The van der Waals surface area contributed by atoms with Crippen molar-refractivity contribution in [2.45, 2.75) is 38.6 Å². The Balaban J connectivity index is 2.48. The number of nitrogens with one attached hydrogen (secondary N) is 1. The fraction of sp³-hybridized carbons (Fsp3) is 0.833. The molecule has 0 heterocycles. The first-order valence-electron chi connectivity index (χ1n) is 6.08. The zero-order valence-electron chi connectivity index (χ0n) is 10.4. The molecule has 0 spiro atoms. The maximum Gasteiger partial charge on any atom is 0.326 e. The highest BCUT2D eigenvalue weighted by Gasteiger charge is 2.31. The Hall–Kier alpha value is -1.10. The molecule has 0 aromatic heterocycles. The van der Waals surface area contributed by atoms with E-state index in [1.54, 1.807) is 0 Å². The second-order valence-electron chi connectivity index (χ2n) is 4.70. The quantitative estimate of drug-likeness (QED) is 0.730. The molecule has 1 rings (SSSR count). The number of carbonyl (C=O) groups excluding carboxylic acids is 1. The van der Waals surface area contributed by atoms with Crippen LogP contribution in [-0.4, -0.2) is 36.7 Å². The summed E-state index contributed by atoms with van der Waals surface area (Å²) >= 11 is 0. The fourth-order valence-electron chi connectivity index (χ4n) is 2.31. The second-order valence-corrected chi connectivity index (χ2v) is 4.70. The van der Waals surface area contributed by atoms with Crippen LogP contribution >= 0.6 is 0 Å². The first-order valence-corrected chi connectivity index (χ1v) is 6.08. The molecule has 3 atom stereocenters. The lowest BCUT2D eigenvalue weighted by atomic mass is 9.97. The molecule has 1 amide bonds. The molecule has 1 aliphatic carbocycles. The highest BCUT2D eigenvalue weighted by Crippen LogP contribution is 2.31. The predicted molar refractivity (Wildman–Crippen MR) is 62.6 cm³/mol. The topological polar surface area (TPSA) is 75.6 Å². The summed E-state index contributed by atoms with van der Waals surface area (Å²) in [6, 6.07) is -0.838. The second kappa shape index (κ2) is 6.59. The van der Waals surface area contributed by atoms with Crippen molar-refractivity contribution in [1.29, 1.82) is 0 Å². The molecule has 98 valence electrons. The summed E-state index contributed by atoms with van der Waals surface area (Å²) in [5.41, 5.74) is 0. The van der Waals surface area contributed by atoms with E-state index in [0.29, 0.717) is 18.9 Å². The van der Waals surface area contributed by atoms with E-state index in [9.17, 15) is 9.59 Å². The van der Waals surface area contributed by atoms with Gasteiger partial charge in [-0.2, -0.15) is 0 Å². The van der Waals surface area contributed by atoms with Gasteiger partial charge in [-0.3, -0.25) is 4.79 Å². The van der Waals surface area contributed by atoms with Crippen LogP contribution in [-0.2, 0) is 14.3 Å². The number of ether oxygens (including phenoxy) is 1. The molecule has 17 heavy (non-hydrogen) atoms. The maximum atomic E-state index is 11.9. The monoisotopic (exact) mass is 243 g/mol. The third-order valence-electron chi connectivity index (χ3n) is 3.42. The Morgan fingerprint density at radius 2 is 2.18 bits per heavy atom. The summed E-state index contributed by atoms with van der Waals surface area (Å²) in [4.78, 5) is 22.9. The molecule has 1 aliphatic rings. The predicted octanol–water partition coefficient (Wildman–Crippen LogP) is 1.03. The van der Waals surface area contributed by atoms with Crippen LogP contribution in [0, 0.1) is 11.8 Å². The Kier molecular flexibility index (Phi) is 5.41. The van der Waals surface area contributed by atoms with Gasteiger partial charge in [-0.1, -0.05) is 13.3 Å². The van der Waals surface area contributed by atoms with Gasteiger partial charge in [0.15, 0.2) is 0 Å². The van der Waals surface area contributed by atoms with Gasteiger partial charge in [0.1, 0.15) is 6.04 Å². The summed E-state index contributed by atoms with van der Waals surface area (Å²) in [5, 5.41) is 11.6. The lowest BCUT2D eigenvalue weighted by Crippen LogP contribution is -2.44. The van der Waals surface area contributed by atoms with Gasteiger partial charge in [0.2, 0.25) is 5.91 Å². The molecule has 0 saturated heterocycles. The number of hydrogen-bond donors (Lipinski definition) is 2. The molecule has 0 aromatic carbocycles. The van der Waals surface area contributed by atoms with Gasteiger partial charge in [-0.15, -0.1) is 0 Å². The third kappa shape index (κ3) is 4.00. The van der Waals surface area contributed by atoms with Gasteiger partial charge >= 0.3 is 5.97 Å². The van der Waals surface area contributed by atoms with Crippen molar-refractivity contribution in [3.05, 3.63) is 0 Å². The van der Waals surface area contributed by atoms with E-state index in [-0.39, 0.29) is 11.8 Å². The van der Waals surface area contributed by atoms with Crippen LogP contribution in [0.15, 0.2) is 0 Å². The largest absolute Gasteiger partial charge is 0.480 e. The maximum absolute atomic E-state index is 11.9. The Labute approximate surface area is 102 Å². The number of carboxylic acid groups (broad SMARTS) is 1. The van der Waals surface area contributed by atoms with Crippen molar-refractivity contribution in [3.8, 4) is 0 Å². The van der Waals surface area contributed by atoms with Crippen LogP contribution in [0.2, 0.25) is 0 Å². The fourth-order valence-corrected chi connectivity index (χ4v) is 2.31. The van der Waals surface area contributed by atoms with Crippen LogP contribution in [0.3, 0.4) is 0 Å². The van der Waals surface area contributed by atoms with Gasteiger partial charge in [0.25, 0.3) is 0 Å². The summed E-state index contributed by atoms with van der Waals surface area (Å²) in [5.74, 6) is -0.800. The molecule has 5 nitrogen and oxygen atoms in total. The van der Waals surface area contributed by atoms with E-state index < -0.39 is 12.0 Å². The van der Waals surface area contributed by atoms with Gasteiger partial charge < -0.3 is 15.2 Å². The number of amides is 1. The van der Waals surface area contributed by atoms with E-state index in [1.807, 2.05) is 6.92 Å². The van der Waals surface area contributed by atoms with E-state index in [4.69, 9.17) is 9.84 Å². The first-order chi connectivity index (χ1) is 8.06. The number of carbonyl (C=O) groups is 2. The van der Waals surface area contributed by atoms with Gasteiger partial charge in [0.05, 0.1) is 0 Å². The van der Waals surface area contributed by atoms with Crippen molar-refractivity contribution in [3.63, 3.8) is 0 Å². The highest BCUT2D eigenvalue weighted by molar-refractivity contribution is 5.85. The van der Waals surface area contributed by atoms with Crippen LogP contribution in [0.25, 0.3) is 0 Å². The molecule has 0 aromatic rings. The molecule has 1 fully saturated rings. The van der Waals surface area contributed by atoms with E-state index in [0.717, 1.165) is 19.3 Å². The molecule has 1 saturated carbocycles. The van der Waals surface area contributed by atoms with Crippen LogP contribution in [0.4, 0.5) is 0 Å². The number of rotatable bonds is 6. The van der Waals surface area contributed by atoms with Crippen molar-refractivity contribution < 1.29 is 19.4 Å². The highest BCUT2D eigenvalue weighted by atomic mass is 16.5. The van der Waals surface area contributed by atoms with Crippen molar-refractivity contribution in [1.82, 2.24) is 5.32 Å². The van der Waals surface area contributed by atoms with E-state index in [2.05, 4.69) is 5.32 Å². The van der Waals surface area contributed by atoms with Gasteiger partial charge in [-0.05, 0) is 18.8 Å². The van der Waals surface area contributed by atoms with Gasteiger partial charge in [-0.25, -0.2) is 4.79 Å². The lowest BCUT2D eigenvalue weighted by Gasteiger charge is -2.19. The minimum Gasteiger partial charge on any atom is -0.480 e. The van der Waals surface area contributed by atoms with Crippen LogP contribution in [0.5, 0.6) is 0 Å². The Morgan fingerprint density at radius 3 is 2.65 bits per heavy atom. The van der Waals surface area contributed by atoms with Crippen LogP contribution < -0.4 is 5.32 Å². The van der Waals surface area contributed by atoms with Crippen molar-refractivity contribution in [2.24, 2.45) is 11.8 Å². The van der Waals surface area contributed by atoms with Gasteiger partial charge in [0, 0.05) is 26.1 Å². The van der Waals surface area contributed by atoms with E-state index in [1.165, 1.54) is 7.11 Å². The molecular weight excluding hydrogens is 222 g/mol. The van der Waals surface area contributed by atoms with Crippen molar-refractivity contribution in [2.75, 3.05) is 13.7 Å². The number of hydrogen-bond acceptors (Lipinski definition) is 3. The normalized spacial score (nSPS) is 25.5. The minimum absolute atomic E-state index is 0.0283. The number of aliphatic carboxylic acids is 1. The Bertz CT molecular complexity index is 280. The zero-order chi connectivity index (χ0) is 12.8. The smallest absolute Gasteiger partial charge is 0.326 e. The van der Waals surface area contributed by atoms with Crippen molar-refractivity contribution >= 4 is 11.9 Å². The Morgan fingerprint density at radius 1 is 1.47 bits per heavy atom. The molecule has 2 N–H and O–H groups in total. The standard InChI is InChI=1S/C12H21NO4/c1-8-4-3-5-9(8)11(14)13-10(12(15)16)6-7-17-2/h8-10H,3-7H2,1-2H3,(H,13,14)(H,15,16). The summed E-state index contributed by atoms with van der Waals surface area (Å²) in [6.45, 7) is 2.37. The third-order valence-corrected chi connectivity index (χ3v) is 3.42. The molecule has 0 bridgehead atoms. The molecule has 0 aliphatic heterocycles. The SMILES string of the molecule is COCCC(NC(=O)C1CCCC1C)C(=O)O. The zero-order valence-corrected chi connectivity index (χ0v) is 10.4. The molecular formula is C12H21NO4.